The zero-order valence-electron chi connectivity index (χ0n) is 13.0. The van der Waals surface area contributed by atoms with Crippen LogP contribution in [0.5, 0.6) is 0 Å². The fourth-order valence-corrected chi connectivity index (χ4v) is 3.40. The summed E-state index contributed by atoms with van der Waals surface area (Å²) >= 11 is 0. The van der Waals surface area contributed by atoms with Crippen LogP contribution in [-0.4, -0.2) is 24.4 Å². The number of allylic oxidation sites excluding steroid dienone is 1. The van der Waals surface area contributed by atoms with Gasteiger partial charge in [-0.15, -0.1) is 6.58 Å². The number of hydrogen-bond acceptors (Lipinski definition) is 2. The van der Waals surface area contributed by atoms with Crippen molar-refractivity contribution in [3.63, 3.8) is 0 Å². The lowest BCUT2D eigenvalue weighted by Crippen LogP contribution is -2.44. The van der Waals surface area contributed by atoms with Crippen molar-refractivity contribution in [1.82, 2.24) is 0 Å². The molecule has 0 saturated carbocycles. The normalized spacial score (nSPS) is 19.1. The molecule has 2 nitrogen and oxygen atoms in total. The van der Waals surface area contributed by atoms with Gasteiger partial charge in [0.15, 0.2) is 0 Å². The van der Waals surface area contributed by atoms with Gasteiger partial charge in [-0.25, -0.2) is 0 Å². The molecule has 1 aliphatic rings. The molecule has 21 heavy (non-hydrogen) atoms. The Labute approximate surface area is 128 Å². The third-order valence-corrected chi connectivity index (χ3v) is 4.76. The zero-order valence-corrected chi connectivity index (χ0v) is 13.0. The molecule has 0 radical (unpaired) electrons. The van der Waals surface area contributed by atoms with Crippen molar-refractivity contribution >= 4 is 0 Å². The van der Waals surface area contributed by atoms with E-state index in [0.29, 0.717) is 0 Å². The topological polar surface area (TPSA) is 29.5 Å². The van der Waals surface area contributed by atoms with Crippen molar-refractivity contribution in [2.45, 2.75) is 56.5 Å². The Morgan fingerprint density at radius 2 is 1.86 bits per heavy atom. The van der Waals surface area contributed by atoms with Crippen molar-refractivity contribution in [3.05, 3.63) is 48.6 Å². The van der Waals surface area contributed by atoms with Gasteiger partial charge in [0.25, 0.3) is 0 Å². The Morgan fingerprint density at radius 1 is 1.14 bits per heavy atom. The summed E-state index contributed by atoms with van der Waals surface area (Å²) in [5.74, 6) is 0. The summed E-state index contributed by atoms with van der Waals surface area (Å²) in [4.78, 5) is 0. The Hall–Kier alpha value is -1.12. The van der Waals surface area contributed by atoms with Crippen molar-refractivity contribution in [2.75, 3.05) is 13.2 Å². The van der Waals surface area contributed by atoms with Crippen LogP contribution in [0.3, 0.4) is 0 Å². The van der Waals surface area contributed by atoms with Gasteiger partial charge < -0.3 is 9.84 Å². The standard InChI is InChI=1S/C19H28O2/c1-2-3-4-5-9-12-18(20)19(13-15-21-16-14-19)17-10-7-6-8-11-17/h2,6-8,10-11,18,20H,1,3-5,9,12-16H2. The maximum absolute atomic E-state index is 10.9. The third kappa shape index (κ3) is 4.18. The molecule has 0 amide bonds. The van der Waals surface area contributed by atoms with Crippen molar-refractivity contribution in [1.29, 1.82) is 0 Å². The van der Waals surface area contributed by atoms with Crippen LogP contribution in [0.25, 0.3) is 0 Å². The lowest BCUT2D eigenvalue weighted by molar-refractivity contribution is -0.0197. The first-order valence-corrected chi connectivity index (χ1v) is 8.22. The van der Waals surface area contributed by atoms with Crippen LogP contribution in [-0.2, 0) is 10.2 Å². The molecule has 1 fully saturated rings. The molecule has 1 aromatic rings. The smallest absolute Gasteiger partial charge is 0.0638 e. The fourth-order valence-electron chi connectivity index (χ4n) is 3.40. The molecule has 1 atom stereocenters. The van der Waals surface area contributed by atoms with Crippen LogP contribution < -0.4 is 0 Å². The van der Waals surface area contributed by atoms with E-state index in [4.69, 9.17) is 4.74 Å². The van der Waals surface area contributed by atoms with E-state index < -0.39 is 0 Å². The molecule has 1 aromatic carbocycles. The van der Waals surface area contributed by atoms with E-state index in [2.05, 4.69) is 30.8 Å². The Bertz CT molecular complexity index is 407. The highest BCUT2D eigenvalue weighted by molar-refractivity contribution is 5.27. The fraction of sp³-hybridized carbons (Fsp3) is 0.579. The summed E-state index contributed by atoms with van der Waals surface area (Å²) in [6.07, 6.45) is 8.94. The molecule has 1 aliphatic heterocycles. The summed E-state index contributed by atoms with van der Waals surface area (Å²) in [5, 5.41) is 10.9. The predicted octanol–water partition coefficient (Wildman–Crippen LogP) is 4.23. The van der Waals surface area contributed by atoms with Gasteiger partial charge in [-0.05, 0) is 37.7 Å². The SMILES string of the molecule is C=CCCCCCC(O)C1(c2ccccc2)CCOCC1. The molecule has 2 heteroatoms. The molecule has 0 aliphatic carbocycles. The Kier molecular flexibility index (Phi) is 6.47. The zero-order chi connectivity index (χ0) is 15.0. The van der Waals surface area contributed by atoms with Crippen LogP contribution in [0, 0.1) is 0 Å². The Morgan fingerprint density at radius 3 is 2.52 bits per heavy atom. The van der Waals surface area contributed by atoms with Gasteiger partial charge in [0.2, 0.25) is 0 Å². The molecule has 1 saturated heterocycles. The summed E-state index contributed by atoms with van der Waals surface area (Å²) < 4.78 is 5.53. The van der Waals surface area contributed by atoms with Crippen molar-refractivity contribution in [2.24, 2.45) is 0 Å². The van der Waals surface area contributed by atoms with E-state index >= 15 is 0 Å². The van der Waals surface area contributed by atoms with Gasteiger partial charge in [-0.2, -0.15) is 0 Å². The lowest BCUT2D eigenvalue weighted by atomic mass is 9.69. The largest absolute Gasteiger partial charge is 0.392 e. The van der Waals surface area contributed by atoms with Gasteiger partial charge in [0.1, 0.15) is 0 Å². The molecule has 116 valence electrons. The molecule has 0 bridgehead atoms. The molecule has 1 N–H and O–H groups in total. The van der Waals surface area contributed by atoms with Gasteiger partial charge in [0.05, 0.1) is 6.10 Å². The van der Waals surface area contributed by atoms with E-state index in [9.17, 15) is 5.11 Å². The highest BCUT2D eigenvalue weighted by Crippen LogP contribution is 2.39. The van der Waals surface area contributed by atoms with Crippen LogP contribution in [0.4, 0.5) is 0 Å². The summed E-state index contributed by atoms with van der Waals surface area (Å²) in [6.45, 7) is 5.26. The molecule has 0 spiro atoms. The number of rotatable bonds is 8. The monoisotopic (exact) mass is 288 g/mol. The summed E-state index contributed by atoms with van der Waals surface area (Å²) in [7, 11) is 0. The van der Waals surface area contributed by atoms with Crippen LogP contribution in [0.2, 0.25) is 0 Å². The number of aliphatic hydroxyl groups excluding tert-OH is 1. The second-order valence-corrected chi connectivity index (χ2v) is 6.08. The summed E-state index contributed by atoms with van der Waals surface area (Å²) in [6, 6.07) is 10.5. The first-order chi connectivity index (χ1) is 10.3. The van der Waals surface area contributed by atoms with E-state index in [0.717, 1.165) is 45.3 Å². The van der Waals surface area contributed by atoms with Crippen molar-refractivity contribution in [3.8, 4) is 0 Å². The molecule has 0 aromatic heterocycles. The highest BCUT2D eigenvalue weighted by atomic mass is 16.5. The third-order valence-electron chi connectivity index (χ3n) is 4.76. The number of benzene rings is 1. The van der Waals surface area contributed by atoms with Crippen molar-refractivity contribution < 1.29 is 9.84 Å². The summed E-state index contributed by atoms with van der Waals surface area (Å²) in [5.41, 5.74) is 1.16. The lowest BCUT2D eigenvalue weighted by Gasteiger charge is -2.41. The van der Waals surface area contributed by atoms with Gasteiger partial charge >= 0.3 is 0 Å². The van der Waals surface area contributed by atoms with E-state index in [1.807, 2.05) is 12.1 Å². The number of ether oxygens (including phenoxy) is 1. The minimum absolute atomic E-state index is 0.113. The second-order valence-electron chi connectivity index (χ2n) is 6.08. The van der Waals surface area contributed by atoms with Crippen LogP contribution in [0.15, 0.2) is 43.0 Å². The minimum atomic E-state index is -0.271. The van der Waals surface area contributed by atoms with Gasteiger partial charge in [-0.1, -0.05) is 49.2 Å². The van der Waals surface area contributed by atoms with E-state index in [1.54, 1.807) is 0 Å². The van der Waals surface area contributed by atoms with Gasteiger partial charge in [0, 0.05) is 18.6 Å². The maximum Gasteiger partial charge on any atom is 0.0638 e. The van der Waals surface area contributed by atoms with Crippen LogP contribution >= 0.6 is 0 Å². The number of unbranched alkanes of at least 4 members (excludes halogenated alkanes) is 3. The maximum atomic E-state index is 10.9. The average molecular weight is 288 g/mol. The molecular weight excluding hydrogens is 260 g/mol. The molecule has 1 unspecified atom stereocenters. The highest BCUT2D eigenvalue weighted by Gasteiger charge is 2.40. The Balaban J connectivity index is 2.00. The van der Waals surface area contributed by atoms with Gasteiger partial charge in [-0.3, -0.25) is 0 Å². The van der Waals surface area contributed by atoms with E-state index in [-0.39, 0.29) is 11.5 Å². The number of hydrogen-bond donors (Lipinski definition) is 1. The number of aliphatic hydroxyl groups is 1. The molecular formula is C19H28O2. The minimum Gasteiger partial charge on any atom is -0.392 e. The predicted molar refractivity (Wildman–Crippen MR) is 87.5 cm³/mol. The average Bonchev–Trinajstić information content (AvgIpc) is 2.56. The second kappa shape index (κ2) is 8.35. The first kappa shape index (κ1) is 16.3. The van der Waals surface area contributed by atoms with E-state index in [1.165, 1.54) is 18.4 Å². The quantitative estimate of drug-likeness (QED) is 0.573. The van der Waals surface area contributed by atoms with Crippen LogP contribution in [0.1, 0.15) is 50.5 Å². The first-order valence-electron chi connectivity index (χ1n) is 8.22. The molecule has 2 rings (SSSR count). The molecule has 1 heterocycles.